The van der Waals surface area contributed by atoms with Crippen molar-refractivity contribution in [2.75, 3.05) is 6.61 Å². The van der Waals surface area contributed by atoms with Crippen molar-refractivity contribution in [3.05, 3.63) is 66.7 Å². The van der Waals surface area contributed by atoms with E-state index in [-0.39, 0.29) is 0 Å². The van der Waals surface area contributed by atoms with Gasteiger partial charge in [-0.3, -0.25) is 0 Å². The summed E-state index contributed by atoms with van der Waals surface area (Å²) in [6, 6.07) is 16.0. The van der Waals surface area contributed by atoms with Gasteiger partial charge in [0.2, 0.25) is 0 Å². The molecule has 0 aliphatic rings. The van der Waals surface area contributed by atoms with Gasteiger partial charge in [0.05, 0.1) is 5.56 Å². The molecule has 2 rings (SSSR count). The lowest BCUT2D eigenvalue weighted by atomic mass is 10.0. The van der Waals surface area contributed by atoms with Crippen molar-refractivity contribution in [3.8, 4) is 29.2 Å². The standard InChI is InChI=1S/C17H14O/c1-3-12-18-17-13-16(11-10-14(17)4-2)15-8-6-5-7-9-15/h2-3,5-11,13H,1,12H2. The summed E-state index contributed by atoms with van der Waals surface area (Å²) in [5.74, 6) is 3.34. The highest BCUT2D eigenvalue weighted by atomic mass is 16.5. The summed E-state index contributed by atoms with van der Waals surface area (Å²) in [5, 5.41) is 0. The molecule has 0 amide bonds. The quantitative estimate of drug-likeness (QED) is 0.576. The number of hydrogen-bond acceptors (Lipinski definition) is 1. The number of rotatable bonds is 4. The van der Waals surface area contributed by atoms with Crippen LogP contribution in [0.4, 0.5) is 0 Å². The van der Waals surface area contributed by atoms with Crippen LogP contribution in [0.25, 0.3) is 11.1 Å². The van der Waals surface area contributed by atoms with Crippen molar-refractivity contribution < 1.29 is 4.74 Å². The molecule has 0 aromatic heterocycles. The van der Waals surface area contributed by atoms with Crippen LogP contribution in [0.3, 0.4) is 0 Å². The van der Waals surface area contributed by atoms with E-state index >= 15 is 0 Å². The van der Waals surface area contributed by atoms with Crippen LogP contribution in [0.15, 0.2) is 61.2 Å². The molecule has 1 nitrogen and oxygen atoms in total. The molecule has 0 radical (unpaired) electrons. The molecule has 0 unspecified atom stereocenters. The van der Waals surface area contributed by atoms with Gasteiger partial charge in [0.25, 0.3) is 0 Å². The van der Waals surface area contributed by atoms with Crippen molar-refractivity contribution in [2.45, 2.75) is 0 Å². The summed E-state index contributed by atoms with van der Waals surface area (Å²) < 4.78 is 5.58. The van der Waals surface area contributed by atoms with Crippen LogP contribution in [0.1, 0.15) is 5.56 Å². The van der Waals surface area contributed by atoms with Gasteiger partial charge in [-0.15, -0.1) is 6.42 Å². The average molecular weight is 234 g/mol. The Morgan fingerprint density at radius 2 is 1.89 bits per heavy atom. The molecule has 88 valence electrons. The zero-order chi connectivity index (χ0) is 12.8. The molecule has 0 atom stereocenters. The summed E-state index contributed by atoms with van der Waals surface area (Å²) in [4.78, 5) is 0. The van der Waals surface area contributed by atoms with Crippen molar-refractivity contribution in [1.29, 1.82) is 0 Å². The third-order valence-electron chi connectivity index (χ3n) is 2.60. The summed E-state index contributed by atoms with van der Waals surface area (Å²) >= 11 is 0. The van der Waals surface area contributed by atoms with Crippen LogP contribution in [-0.2, 0) is 0 Å². The van der Waals surface area contributed by atoms with Gasteiger partial charge < -0.3 is 4.74 Å². The van der Waals surface area contributed by atoms with E-state index in [2.05, 4.69) is 24.6 Å². The predicted molar refractivity (Wildman–Crippen MR) is 75.5 cm³/mol. The third kappa shape index (κ3) is 2.61. The minimum Gasteiger partial charge on any atom is -0.488 e. The second kappa shape index (κ2) is 5.75. The Morgan fingerprint density at radius 1 is 1.11 bits per heavy atom. The second-order valence-electron chi connectivity index (χ2n) is 3.82. The first-order valence-corrected chi connectivity index (χ1v) is 5.75. The smallest absolute Gasteiger partial charge is 0.136 e. The molecule has 0 aliphatic carbocycles. The van der Waals surface area contributed by atoms with E-state index < -0.39 is 0 Å². The van der Waals surface area contributed by atoms with E-state index in [0.717, 1.165) is 22.4 Å². The largest absolute Gasteiger partial charge is 0.488 e. The average Bonchev–Trinajstić information content (AvgIpc) is 2.45. The molecule has 0 heterocycles. The number of ether oxygens (including phenoxy) is 1. The van der Waals surface area contributed by atoms with Gasteiger partial charge in [-0.05, 0) is 23.3 Å². The maximum absolute atomic E-state index is 5.58. The minimum atomic E-state index is 0.451. The summed E-state index contributed by atoms with van der Waals surface area (Å²) in [5.41, 5.74) is 3.00. The highest BCUT2D eigenvalue weighted by Crippen LogP contribution is 2.26. The number of benzene rings is 2. The minimum absolute atomic E-state index is 0.451. The third-order valence-corrected chi connectivity index (χ3v) is 2.60. The second-order valence-corrected chi connectivity index (χ2v) is 3.82. The van der Waals surface area contributed by atoms with Crippen LogP contribution in [-0.4, -0.2) is 6.61 Å². The summed E-state index contributed by atoms with van der Waals surface area (Å²) in [7, 11) is 0. The predicted octanol–water partition coefficient (Wildman–Crippen LogP) is 3.90. The summed E-state index contributed by atoms with van der Waals surface area (Å²) in [6.07, 6.45) is 7.16. The lowest BCUT2D eigenvalue weighted by Gasteiger charge is -2.09. The first-order chi connectivity index (χ1) is 8.85. The maximum atomic E-state index is 5.58. The van der Waals surface area contributed by atoms with E-state index in [9.17, 15) is 0 Å². The normalized spacial score (nSPS) is 9.50. The molecule has 0 fully saturated rings. The van der Waals surface area contributed by atoms with E-state index in [4.69, 9.17) is 11.2 Å². The van der Waals surface area contributed by atoms with Crippen molar-refractivity contribution in [1.82, 2.24) is 0 Å². The van der Waals surface area contributed by atoms with Gasteiger partial charge in [0.15, 0.2) is 0 Å². The fourth-order valence-corrected chi connectivity index (χ4v) is 1.72. The van der Waals surface area contributed by atoms with E-state index in [1.54, 1.807) is 6.08 Å². The summed E-state index contributed by atoms with van der Waals surface area (Å²) in [6.45, 7) is 4.09. The Kier molecular flexibility index (Phi) is 3.83. The monoisotopic (exact) mass is 234 g/mol. The fourth-order valence-electron chi connectivity index (χ4n) is 1.72. The lowest BCUT2D eigenvalue weighted by molar-refractivity contribution is 0.362. The molecular formula is C17H14O. The Hall–Kier alpha value is -2.46. The van der Waals surface area contributed by atoms with E-state index in [1.807, 2.05) is 36.4 Å². The molecular weight excluding hydrogens is 220 g/mol. The Bertz CT molecular complexity index is 576. The van der Waals surface area contributed by atoms with Crippen LogP contribution >= 0.6 is 0 Å². The Labute approximate surface area is 108 Å². The van der Waals surface area contributed by atoms with Gasteiger partial charge in [-0.25, -0.2) is 0 Å². The maximum Gasteiger partial charge on any atom is 0.136 e. The Balaban J connectivity index is 2.40. The first kappa shape index (κ1) is 12.0. The van der Waals surface area contributed by atoms with Gasteiger partial charge in [0, 0.05) is 0 Å². The zero-order valence-corrected chi connectivity index (χ0v) is 10.1. The SMILES string of the molecule is C#Cc1ccc(-c2ccccc2)cc1OCC=C. The molecule has 2 aromatic carbocycles. The zero-order valence-electron chi connectivity index (χ0n) is 10.1. The fraction of sp³-hybridized carbons (Fsp3) is 0.0588. The molecule has 0 saturated carbocycles. The Morgan fingerprint density at radius 3 is 2.56 bits per heavy atom. The van der Waals surface area contributed by atoms with Crippen molar-refractivity contribution in [2.24, 2.45) is 0 Å². The lowest BCUT2D eigenvalue weighted by Crippen LogP contribution is -1.95. The molecule has 2 aromatic rings. The van der Waals surface area contributed by atoms with Gasteiger partial charge in [0.1, 0.15) is 12.4 Å². The van der Waals surface area contributed by atoms with Gasteiger partial charge in [-0.2, -0.15) is 0 Å². The molecule has 0 N–H and O–H groups in total. The molecule has 0 aliphatic heterocycles. The number of terminal acetylenes is 1. The highest BCUT2D eigenvalue weighted by Gasteiger charge is 2.04. The van der Waals surface area contributed by atoms with E-state index in [0.29, 0.717) is 6.61 Å². The molecule has 18 heavy (non-hydrogen) atoms. The van der Waals surface area contributed by atoms with E-state index in [1.165, 1.54) is 0 Å². The van der Waals surface area contributed by atoms with Gasteiger partial charge in [-0.1, -0.05) is 55.0 Å². The topological polar surface area (TPSA) is 9.23 Å². The van der Waals surface area contributed by atoms with Crippen LogP contribution in [0.5, 0.6) is 5.75 Å². The molecule has 1 heteroatoms. The molecule has 0 spiro atoms. The van der Waals surface area contributed by atoms with Crippen molar-refractivity contribution >= 4 is 0 Å². The molecule has 0 bridgehead atoms. The van der Waals surface area contributed by atoms with Crippen LogP contribution in [0, 0.1) is 12.3 Å². The number of hydrogen-bond donors (Lipinski definition) is 0. The first-order valence-electron chi connectivity index (χ1n) is 5.75. The highest BCUT2D eigenvalue weighted by molar-refractivity contribution is 5.67. The molecule has 0 saturated heterocycles. The van der Waals surface area contributed by atoms with Crippen molar-refractivity contribution in [3.63, 3.8) is 0 Å². The van der Waals surface area contributed by atoms with Gasteiger partial charge >= 0.3 is 0 Å². The van der Waals surface area contributed by atoms with Crippen LogP contribution in [0.2, 0.25) is 0 Å². The van der Waals surface area contributed by atoms with Crippen LogP contribution < -0.4 is 4.74 Å².